The lowest BCUT2D eigenvalue weighted by Crippen LogP contribution is -2.31. The summed E-state index contributed by atoms with van der Waals surface area (Å²) in [5.74, 6) is 0. The first-order valence-electron chi connectivity index (χ1n) is 6.67. The minimum atomic E-state index is 0.756. The van der Waals surface area contributed by atoms with E-state index in [1.165, 1.54) is 51.6 Å². The van der Waals surface area contributed by atoms with Crippen LogP contribution in [0, 0.1) is 0 Å². The molecular weight excluding hydrogens is 184 g/mol. The van der Waals surface area contributed by atoms with Crippen LogP contribution in [0.5, 0.6) is 0 Å². The molecule has 0 bridgehead atoms. The second-order valence-electron chi connectivity index (χ2n) is 5.05. The van der Waals surface area contributed by atoms with E-state index >= 15 is 0 Å². The number of rotatable bonds is 7. The van der Waals surface area contributed by atoms with Crippen molar-refractivity contribution in [1.29, 1.82) is 0 Å². The third-order valence-electron chi connectivity index (χ3n) is 3.68. The summed E-state index contributed by atoms with van der Waals surface area (Å²) in [7, 11) is 2.27. The molecule has 0 aromatic carbocycles. The third-order valence-corrected chi connectivity index (χ3v) is 3.68. The van der Waals surface area contributed by atoms with Crippen LogP contribution in [0.25, 0.3) is 0 Å². The Morgan fingerprint density at radius 2 is 2.27 bits per heavy atom. The van der Waals surface area contributed by atoms with Gasteiger partial charge in [-0.25, -0.2) is 0 Å². The van der Waals surface area contributed by atoms with E-state index in [-0.39, 0.29) is 0 Å². The molecule has 1 aliphatic heterocycles. The summed E-state index contributed by atoms with van der Waals surface area (Å²) >= 11 is 0. The number of hydrogen-bond acceptors (Lipinski definition) is 2. The molecule has 0 aromatic rings. The predicted octanol–water partition coefficient (Wildman–Crippen LogP) is 2.64. The van der Waals surface area contributed by atoms with E-state index in [1.54, 1.807) is 0 Å². The molecule has 2 unspecified atom stereocenters. The van der Waals surface area contributed by atoms with Crippen molar-refractivity contribution in [2.45, 2.75) is 64.5 Å². The van der Waals surface area contributed by atoms with E-state index in [2.05, 4.69) is 31.1 Å². The van der Waals surface area contributed by atoms with Crippen molar-refractivity contribution >= 4 is 0 Å². The molecule has 0 aliphatic carbocycles. The highest BCUT2D eigenvalue weighted by molar-refractivity contribution is 4.74. The average Bonchev–Trinajstić information content (AvgIpc) is 2.71. The number of hydrogen-bond donors (Lipinski definition) is 1. The highest BCUT2D eigenvalue weighted by atomic mass is 15.1. The standard InChI is InChI=1S/C13H28N2/c1-4-7-12(2)15(3)11-6-9-13-8-5-10-14-13/h12-14H,4-11H2,1-3H3. The van der Waals surface area contributed by atoms with Gasteiger partial charge in [0.15, 0.2) is 0 Å². The Morgan fingerprint density at radius 1 is 1.47 bits per heavy atom. The van der Waals surface area contributed by atoms with Gasteiger partial charge in [-0.05, 0) is 59.2 Å². The molecular formula is C13H28N2. The van der Waals surface area contributed by atoms with Crippen molar-refractivity contribution in [2.75, 3.05) is 20.1 Å². The van der Waals surface area contributed by atoms with Crippen LogP contribution in [0.2, 0.25) is 0 Å². The molecule has 1 rings (SSSR count). The smallest absolute Gasteiger partial charge is 0.00680 e. The van der Waals surface area contributed by atoms with Gasteiger partial charge < -0.3 is 10.2 Å². The van der Waals surface area contributed by atoms with E-state index in [9.17, 15) is 0 Å². The molecule has 1 saturated heterocycles. The van der Waals surface area contributed by atoms with Crippen LogP contribution in [0.3, 0.4) is 0 Å². The zero-order chi connectivity index (χ0) is 11.1. The van der Waals surface area contributed by atoms with Gasteiger partial charge in [0.05, 0.1) is 0 Å². The molecule has 0 amide bonds. The van der Waals surface area contributed by atoms with Gasteiger partial charge >= 0.3 is 0 Å². The summed E-state index contributed by atoms with van der Waals surface area (Å²) < 4.78 is 0. The monoisotopic (exact) mass is 212 g/mol. The van der Waals surface area contributed by atoms with Crippen LogP contribution in [0.4, 0.5) is 0 Å². The summed E-state index contributed by atoms with van der Waals surface area (Å²) in [4.78, 5) is 2.51. The lowest BCUT2D eigenvalue weighted by atomic mass is 10.1. The van der Waals surface area contributed by atoms with Crippen molar-refractivity contribution in [3.05, 3.63) is 0 Å². The van der Waals surface area contributed by atoms with Crippen LogP contribution in [-0.4, -0.2) is 37.1 Å². The van der Waals surface area contributed by atoms with Gasteiger partial charge in [0, 0.05) is 12.1 Å². The second kappa shape index (κ2) is 7.24. The zero-order valence-corrected chi connectivity index (χ0v) is 10.8. The highest BCUT2D eigenvalue weighted by Gasteiger charge is 2.14. The summed E-state index contributed by atoms with van der Waals surface area (Å²) in [6, 6.07) is 1.58. The normalized spacial score (nSPS) is 23.6. The van der Waals surface area contributed by atoms with Crippen LogP contribution in [0.15, 0.2) is 0 Å². The maximum Gasteiger partial charge on any atom is 0.00680 e. The number of nitrogens with zero attached hydrogens (tertiary/aromatic N) is 1. The molecule has 1 heterocycles. The average molecular weight is 212 g/mol. The molecule has 0 aromatic heterocycles. The van der Waals surface area contributed by atoms with Crippen LogP contribution in [0.1, 0.15) is 52.4 Å². The fourth-order valence-corrected chi connectivity index (χ4v) is 2.45. The molecule has 1 fully saturated rings. The van der Waals surface area contributed by atoms with Gasteiger partial charge in [0.2, 0.25) is 0 Å². The molecule has 15 heavy (non-hydrogen) atoms. The maximum absolute atomic E-state index is 3.57. The van der Waals surface area contributed by atoms with E-state index in [1.807, 2.05) is 0 Å². The first-order chi connectivity index (χ1) is 7.24. The van der Waals surface area contributed by atoms with Crippen molar-refractivity contribution in [1.82, 2.24) is 10.2 Å². The Hall–Kier alpha value is -0.0800. The topological polar surface area (TPSA) is 15.3 Å². The first kappa shape index (κ1) is 13.0. The molecule has 0 spiro atoms. The van der Waals surface area contributed by atoms with Crippen molar-refractivity contribution in [2.24, 2.45) is 0 Å². The lowest BCUT2D eigenvalue weighted by Gasteiger charge is -2.24. The molecule has 0 saturated carbocycles. The van der Waals surface area contributed by atoms with Crippen LogP contribution in [-0.2, 0) is 0 Å². The zero-order valence-electron chi connectivity index (χ0n) is 10.8. The quantitative estimate of drug-likeness (QED) is 0.698. The summed E-state index contributed by atoms with van der Waals surface area (Å²) in [5.41, 5.74) is 0. The minimum absolute atomic E-state index is 0.756. The van der Waals surface area contributed by atoms with Gasteiger partial charge in [-0.1, -0.05) is 13.3 Å². The Kier molecular flexibility index (Phi) is 6.26. The lowest BCUT2D eigenvalue weighted by molar-refractivity contribution is 0.237. The third kappa shape index (κ3) is 4.98. The molecule has 90 valence electrons. The molecule has 0 radical (unpaired) electrons. The fourth-order valence-electron chi connectivity index (χ4n) is 2.45. The SMILES string of the molecule is CCCC(C)N(C)CCCC1CCCN1. The first-order valence-corrected chi connectivity index (χ1v) is 6.67. The van der Waals surface area contributed by atoms with E-state index in [0.717, 1.165) is 12.1 Å². The van der Waals surface area contributed by atoms with Crippen LogP contribution < -0.4 is 5.32 Å². The number of nitrogens with one attached hydrogen (secondary N) is 1. The van der Waals surface area contributed by atoms with Crippen molar-refractivity contribution in [3.8, 4) is 0 Å². The Bertz CT molecular complexity index is 153. The van der Waals surface area contributed by atoms with E-state index in [0.29, 0.717) is 0 Å². The fraction of sp³-hybridized carbons (Fsp3) is 1.00. The highest BCUT2D eigenvalue weighted by Crippen LogP contribution is 2.12. The largest absolute Gasteiger partial charge is 0.314 e. The molecule has 1 aliphatic rings. The van der Waals surface area contributed by atoms with Gasteiger partial charge in [-0.2, -0.15) is 0 Å². The van der Waals surface area contributed by atoms with Gasteiger partial charge in [0.25, 0.3) is 0 Å². The van der Waals surface area contributed by atoms with Crippen molar-refractivity contribution < 1.29 is 0 Å². The Labute approximate surface area is 95.4 Å². The molecule has 2 atom stereocenters. The molecule has 1 N–H and O–H groups in total. The van der Waals surface area contributed by atoms with E-state index < -0.39 is 0 Å². The van der Waals surface area contributed by atoms with Gasteiger partial charge in [-0.3, -0.25) is 0 Å². The Morgan fingerprint density at radius 3 is 2.87 bits per heavy atom. The molecule has 2 nitrogen and oxygen atoms in total. The Balaban J connectivity index is 2.02. The maximum atomic E-state index is 3.57. The summed E-state index contributed by atoms with van der Waals surface area (Å²) in [5, 5.41) is 3.57. The van der Waals surface area contributed by atoms with Gasteiger partial charge in [0.1, 0.15) is 0 Å². The molecule has 2 heteroatoms. The van der Waals surface area contributed by atoms with Crippen LogP contribution >= 0.6 is 0 Å². The van der Waals surface area contributed by atoms with Crippen molar-refractivity contribution in [3.63, 3.8) is 0 Å². The minimum Gasteiger partial charge on any atom is -0.314 e. The van der Waals surface area contributed by atoms with Gasteiger partial charge in [-0.15, -0.1) is 0 Å². The summed E-state index contributed by atoms with van der Waals surface area (Å²) in [6.45, 7) is 7.12. The second-order valence-corrected chi connectivity index (χ2v) is 5.05. The summed E-state index contributed by atoms with van der Waals surface area (Å²) in [6.07, 6.45) is 8.13. The predicted molar refractivity (Wildman–Crippen MR) is 67.3 cm³/mol. The van der Waals surface area contributed by atoms with E-state index in [4.69, 9.17) is 0 Å².